The molecule has 1 spiro atoms. The second kappa shape index (κ2) is 11.0. The molecule has 2 saturated heterocycles. The molecule has 0 bridgehead atoms. The summed E-state index contributed by atoms with van der Waals surface area (Å²) in [6.45, 7) is 3.86. The van der Waals surface area contributed by atoms with Crippen molar-refractivity contribution in [1.82, 2.24) is 10.2 Å². The number of nitrogens with zero attached hydrogens (tertiary/aromatic N) is 1. The number of aryl methyl sites for hydroxylation is 1. The van der Waals surface area contributed by atoms with Crippen LogP contribution in [-0.2, 0) is 11.2 Å². The Morgan fingerprint density at radius 1 is 1.09 bits per heavy atom. The Hall–Kier alpha value is -2.57. The van der Waals surface area contributed by atoms with Crippen LogP contribution in [0.1, 0.15) is 48.0 Å². The molecule has 2 aromatic carbocycles. The van der Waals surface area contributed by atoms with Crippen LogP contribution < -0.4 is 14.8 Å². The van der Waals surface area contributed by atoms with Crippen LogP contribution in [0.25, 0.3) is 0 Å². The highest BCUT2D eigenvalue weighted by molar-refractivity contribution is 5.97. The highest BCUT2D eigenvalue weighted by Crippen LogP contribution is 2.38. The molecule has 2 aliphatic rings. The van der Waals surface area contributed by atoms with E-state index in [1.54, 1.807) is 32.4 Å². The maximum Gasteiger partial charge on any atom is 0.255 e. The van der Waals surface area contributed by atoms with Gasteiger partial charge < -0.3 is 24.4 Å². The summed E-state index contributed by atoms with van der Waals surface area (Å²) in [6, 6.07) is 16.0. The molecule has 6 heteroatoms. The van der Waals surface area contributed by atoms with Crippen LogP contribution in [-0.4, -0.2) is 62.9 Å². The Morgan fingerprint density at radius 2 is 1.88 bits per heavy atom. The van der Waals surface area contributed by atoms with E-state index >= 15 is 0 Å². The van der Waals surface area contributed by atoms with Crippen molar-refractivity contribution in [1.29, 1.82) is 0 Å². The number of carbonyl (C=O) groups excluding carboxylic acids is 1. The molecule has 6 nitrogen and oxygen atoms in total. The van der Waals surface area contributed by atoms with Crippen LogP contribution in [0.15, 0.2) is 48.5 Å². The van der Waals surface area contributed by atoms with Gasteiger partial charge in [0.2, 0.25) is 0 Å². The average Bonchev–Trinajstić information content (AvgIpc) is 3.26. The first-order chi connectivity index (χ1) is 16.1. The molecule has 1 N–H and O–H groups in total. The molecule has 0 aromatic heterocycles. The van der Waals surface area contributed by atoms with Gasteiger partial charge >= 0.3 is 0 Å². The van der Waals surface area contributed by atoms with Crippen molar-refractivity contribution in [2.45, 2.75) is 50.2 Å². The molecule has 0 radical (unpaired) electrons. The van der Waals surface area contributed by atoms with E-state index in [0.29, 0.717) is 23.6 Å². The second-order valence-corrected chi connectivity index (χ2v) is 9.17. The number of piperidine rings is 1. The van der Waals surface area contributed by atoms with Crippen molar-refractivity contribution < 1.29 is 19.0 Å². The third-order valence-corrected chi connectivity index (χ3v) is 7.03. The summed E-state index contributed by atoms with van der Waals surface area (Å²) in [4.78, 5) is 15.3. The van der Waals surface area contributed by atoms with Gasteiger partial charge in [-0.15, -0.1) is 0 Å². The van der Waals surface area contributed by atoms with Gasteiger partial charge in [-0.1, -0.05) is 30.3 Å². The van der Waals surface area contributed by atoms with Crippen molar-refractivity contribution in [3.63, 3.8) is 0 Å². The lowest BCUT2D eigenvalue weighted by molar-refractivity contribution is -0.0754. The Morgan fingerprint density at radius 3 is 2.61 bits per heavy atom. The number of hydrogen-bond acceptors (Lipinski definition) is 5. The predicted octanol–water partition coefficient (Wildman–Crippen LogP) is 4.08. The van der Waals surface area contributed by atoms with Gasteiger partial charge in [0, 0.05) is 25.7 Å². The molecule has 178 valence electrons. The van der Waals surface area contributed by atoms with E-state index in [1.807, 2.05) is 0 Å². The fourth-order valence-electron chi connectivity index (χ4n) is 5.03. The van der Waals surface area contributed by atoms with Crippen LogP contribution in [0.4, 0.5) is 0 Å². The van der Waals surface area contributed by atoms with Crippen molar-refractivity contribution in [3.8, 4) is 11.5 Å². The number of likely N-dealkylation sites (tertiary alicyclic amines) is 1. The number of rotatable bonds is 9. The first-order valence-electron chi connectivity index (χ1n) is 12.1. The van der Waals surface area contributed by atoms with E-state index in [0.717, 1.165) is 51.7 Å². The van der Waals surface area contributed by atoms with Gasteiger partial charge in [-0.25, -0.2) is 0 Å². The van der Waals surface area contributed by atoms with Crippen LogP contribution >= 0.6 is 0 Å². The number of methoxy groups -OCH3 is 2. The molecule has 2 aliphatic heterocycles. The van der Waals surface area contributed by atoms with Crippen LogP contribution in [0.5, 0.6) is 11.5 Å². The zero-order valence-electron chi connectivity index (χ0n) is 19.8. The van der Waals surface area contributed by atoms with Crippen molar-refractivity contribution in [2.24, 2.45) is 0 Å². The Balaban J connectivity index is 1.19. The molecular weight excluding hydrogens is 416 g/mol. The fraction of sp³-hybridized carbons (Fsp3) is 0.519. The van der Waals surface area contributed by atoms with Gasteiger partial charge in [0.1, 0.15) is 11.5 Å². The third-order valence-electron chi connectivity index (χ3n) is 7.03. The number of amides is 1. The molecule has 2 fully saturated rings. The number of hydrogen-bond donors (Lipinski definition) is 1. The fourth-order valence-corrected chi connectivity index (χ4v) is 5.03. The standard InChI is InChI=1S/C27H36N2O4/c1-31-22-10-11-24(25(19-22)32-2)26(30)28-20-23-12-13-27(33-23)14-17-29(18-15-27)16-6-9-21-7-4-3-5-8-21/h3-5,7-8,10-11,19,23H,6,9,12-18,20H2,1-2H3,(H,28,30). The summed E-state index contributed by atoms with van der Waals surface area (Å²) >= 11 is 0. The van der Waals surface area contributed by atoms with Gasteiger partial charge in [0.15, 0.2) is 0 Å². The Kier molecular flexibility index (Phi) is 7.89. The van der Waals surface area contributed by atoms with Crippen LogP contribution in [0.3, 0.4) is 0 Å². The van der Waals surface area contributed by atoms with Gasteiger partial charge in [0.05, 0.1) is 31.5 Å². The maximum atomic E-state index is 12.7. The summed E-state index contributed by atoms with van der Waals surface area (Å²) in [7, 11) is 3.15. The minimum absolute atomic E-state index is 0.0108. The molecule has 0 saturated carbocycles. The molecule has 33 heavy (non-hydrogen) atoms. The SMILES string of the molecule is COc1ccc(C(=O)NCC2CCC3(CCN(CCCc4ccccc4)CC3)O2)c(OC)c1. The molecule has 4 rings (SSSR count). The quantitative estimate of drug-likeness (QED) is 0.621. The van der Waals surface area contributed by atoms with Crippen molar-refractivity contribution >= 4 is 5.91 Å². The molecule has 0 aliphatic carbocycles. The highest BCUT2D eigenvalue weighted by atomic mass is 16.5. The van der Waals surface area contributed by atoms with Crippen LogP contribution in [0.2, 0.25) is 0 Å². The monoisotopic (exact) mass is 452 g/mol. The number of nitrogens with one attached hydrogen (secondary N) is 1. The number of ether oxygens (including phenoxy) is 3. The minimum atomic E-state index is -0.146. The van der Waals surface area contributed by atoms with E-state index in [9.17, 15) is 4.79 Å². The predicted molar refractivity (Wildman–Crippen MR) is 129 cm³/mol. The van der Waals surface area contributed by atoms with E-state index < -0.39 is 0 Å². The highest BCUT2D eigenvalue weighted by Gasteiger charge is 2.42. The maximum absolute atomic E-state index is 12.7. The Bertz CT molecular complexity index is 910. The van der Waals surface area contributed by atoms with Crippen LogP contribution in [0, 0.1) is 0 Å². The average molecular weight is 453 g/mol. The van der Waals surface area contributed by atoms with E-state index in [-0.39, 0.29) is 17.6 Å². The molecule has 1 unspecified atom stereocenters. The van der Waals surface area contributed by atoms with Gasteiger partial charge in [-0.2, -0.15) is 0 Å². The summed E-state index contributed by atoms with van der Waals surface area (Å²) in [5, 5.41) is 3.03. The first kappa shape index (κ1) is 23.6. The zero-order valence-corrected chi connectivity index (χ0v) is 19.8. The van der Waals surface area contributed by atoms with E-state index in [1.165, 1.54) is 12.0 Å². The van der Waals surface area contributed by atoms with Crippen molar-refractivity contribution in [2.75, 3.05) is 40.4 Å². The summed E-state index contributed by atoms with van der Waals surface area (Å²) in [5.41, 5.74) is 1.92. The number of benzene rings is 2. The molecule has 2 aromatic rings. The largest absolute Gasteiger partial charge is 0.497 e. The lowest BCUT2D eigenvalue weighted by Gasteiger charge is -2.39. The molecule has 2 heterocycles. The second-order valence-electron chi connectivity index (χ2n) is 9.17. The zero-order chi connectivity index (χ0) is 23.1. The third kappa shape index (κ3) is 6.06. The Labute approximate surface area is 197 Å². The lowest BCUT2D eigenvalue weighted by atomic mass is 9.88. The lowest BCUT2D eigenvalue weighted by Crippen LogP contribution is -2.45. The smallest absolute Gasteiger partial charge is 0.255 e. The summed E-state index contributed by atoms with van der Waals surface area (Å²) in [5.74, 6) is 1.03. The van der Waals surface area contributed by atoms with E-state index in [4.69, 9.17) is 14.2 Å². The molecular formula is C27H36N2O4. The molecule has 1 atom stereocenters. The van der Waals surface area contributed by atoms with Gasteiger partial charge in [-0.05, 0) is 62.8 Å². The first-order valence-corrected chi connectivity index (χ1v) is 12.1. The summed E-state index contributed by atoms with van der Waals surface area (Å²) < 4.78 is 17.1. The van der Waals surface area contributed by atoms with Gasteiger partial charge in [0.25, 0.3) is 5.91 Å². The minimum Gasteiger partial charge on any atom is -0.497 e. The number of carbonyl (C=O) groups is 1. The van der Waals surface area contributed by atoms with Crippen molar-refractivity contribution in [3.05, 3.63) is 59.7 Å². The molecule has 1 amide bonds. The van der Waals surface area contributed by atoms with E-state index in [2.05, 4.69) is 40.5 Å². The normalized spacial score (nSPS) is 20.0. The summed E-state index contributed by atoms with van der Waals surface area (Å²) in [6.07, 6.45) is 6.64. The topological polar surface area (TPSA) is 60.0 Å². The van der Waals surface area contributed by atoms with Gasteiger partial charge in [-0.3, -0.25) is 4.79 Å².